The number of benzene rings is 2. The zero-order valence-electron chi connectivity index (χ0n) is 16.3. The van der Waals surface area contributed by atoms with Crippen molar-refractivity contribution in [1.82, 2.24) is 0 Å². The summed E-state index contributed by atoms with van der Waals surface area (Å²) in [5.74, 6) is -5.54. The Morgan fingerprint density at radius 3 is 1.91 bits per heavy atom. The maximum atomic E-state index is 13.1. The molecule has 5 atom stereocenters. The molecule has 7 N–H and O–H groups in total. The molecule has 1 saturated heterocycles. The van der Waals surface area contributed by atoms with Crippen LogP contribution in [0.15, 0.2) is 16.5 Å². The number of phenolic OH excluding ortho intramolecular Hbond substituents is 4. The summed E-state index contributed by atoms with van der Waals surface area (Å²) in [5.41, 5.74) is -1.84. The second-order valence-corrected chi connectivity index (χ2v) is 7.61. The number of esters is 2. The Morgan fingerprint density at radius 2 is 1.33 bits per heavy atom. The largest absolute Gasteiger partial charge is 0.504 e. The summed E-state index contributed by atoms with van der Waals surface area (Å²) in [6.45, 7) is -0.658. The zero-order valence-corrected chi connectivity index (χ0v) is 16.3. The topological polar surface area (TPSA) is 217 Å². The lowest BCUT2D eigenvalue weighted by Gasteiger charge is -2.39. The van der Waals surface area contributed by atoms with E-state index in [0.29, 0.717) is 0 Å². The fourth-order valence-electron chi connectivity index (χ4n) is 4.01. The van der Waals surface area contributed by atoms with Gasteiger partial charge in [0.2, 0.25) is 11.5 Å². The van der Waals surface area contributed by atoms with Gasteiger partial charge in [0, 0.05) is 10.8 Å². The number of rotatable bonds is 0. The van der Waals surface area contributed by atoms with E-state index in [2.05, 4.69) is 0 Å². The van der Waals surface area contributed by atoms with E-state index < -0.39 is 89.0 Å². The second kappa shape index (κ2) is 7.11. The van der Waals surface area contributed by atoms with Gasteiger partial charge in [-0.05, 0) is 12.1 Å². The number of hydrogen-bond donors (Lipinski definition) is 7. The minimum Gasteiger partial charge on any atom is -0.504 e. The van der Waals surface area contributed by atoms with Gasteiger partial charge in [0.25, 0.3) is 0 Å². The molecular formula is C20H16O13. The van der Waals surface area contributed by atoms with E-state index in [-0.39, 0.29) is 16.3 Å². The van der Waals surface area contributed by atoms with Crippen LogP contribution in [0, 0.1) is 0 Å². The van der Waals surface area contributed by atoms with Crippen molar-refractivity contribution in [3.8, 4) is 23.0 Å². The molecule has 0 amide bonds. The highest BCUT2D eigenvalue weighted by molar-refractivity contribution is 6.23. The average Bonchev–Trinajstić information content (AvgIpc) is 3.17. The van der Waals surface area contributed by atoms with Gasteiger partial charge in [-0.2, -0.15) is 0 Å². The number of aromatic hydroxyl groups is 4. The van der Waals surface area contributed by atoms with Gasteiger partial charge in [-0.25, -0.2) is 9.59 Å². The Hall–Kier alpha value is -3.78. The summed E-state index contributed by atoms with van der Waals surface area (Å²) >= 11 is 0. The third-order valence-corrected chi connectivity index (χ3v) is 5.65. The number of phenols is 4. The van der Waals surface area contributed by atoms with Gasteiger partial charge in [0.05, 0.1) is 11.1 Å². The fourth-order valence-corrected chi connectivity index (χ4v) is 4.01. The Kier molecular flexibility index (Phi) is 4.54. The molecule has 2 aliphatic rings. The van der Waals surface area contributed by atoms with Crippen LogP contribution in [-0.2, 0) is 14.2 Å². The van der Waals surface area contributed by atoms with E-state index in [0.717, 1.165) is 12.1 Å². The van der Waals surface area contributed by atoms with E-state index in [1.54, 1.807) is 0 Å². The molecule has 0 saturated carbocycles. The lowest BCUT2D eigenvalue weighted by molar-refractivity contribution is -0.285. The van der Waals surface area contributed by atoms with E-state index in [4.69, 9.17) is 18.6 Å². The van der Waals surface area contributed by atoms with Crippen LogP contribution in [-0.4, -0.2) is 85.0 Å². The van der Waals surface area contributed by atoms with E-state index in [9.17, 15) is 45.3 Å². The van der Waals surface area contributed by atoms with Gasteiger partial charge in [0.1, 0.15) is 24.9 Å². The second-order valence-electron chi connectivity index (χ2n) is 7.61. The molecule has 0 aliphatic carbocycles. The highest BCUT2D eigenvalue weighted by atomic mass is 16.7. The molecule has 3 heterocycles. The summed E-state index contributed by atoms with van der Waals surface area (Å²) in [4.78, 5) is 26.0. The Bertz CT molecular complexity index is 1330. The van der Waals surface area contributed by atoms with Gasteiger partial charge in [0.15, 0.2) is 35.1 Å². The Morgan fingerprint density at radius 1 is 0.788 bits per heavy atom. The summed E-state index contributed by atoms with van der Waals surface area (Å²) in [7, 11) is 0. The van der Waals surface area contributed by atoms with Crippen LogP contribution in [0.4, 0.5) is 0 Å². The van der Waals surface area contributed by atoms with Crippen molar-refractivity contribution >= 4 is 33.9 Å². The first-order valence-corrected chi connectivity index (χ1v) is 9.54. The highest BCUT2D eigenvalue weighted by Crippen LogP contribution is 2.48. The smallest absolute Gasteiger partial charge is 0.339 e. The van der Waals surface area contributed by atoms with Crippen LogP contribution >= 0.6 is 0 Å². The van der Waals surface area contributed by atoms with Crippen molar-refractivity contribution < 1.29 is 64.0 Å². The first-order valence-electron chi connectivity index (χ1n) is 9.54. The number of fused-ring (bicyclic) bond motifs is 1. The summed E-state index contributed by atoms with van der Waals surface area (Å²) in [6, 6.07) is 1.65. The molecule has 3 aromatic rings. The van der Waals surface area contributed by atoms with Crippen LogP contribution < -0.4 is 0 Å². The molecule has 13 nitrogen and oxygen atoms in total. The molecule has 2 aromatic carbocycles. The molecule has 2 aliphatic heterocycles. The van der Waals surface area contributed by atoms with Crippen molar-refractivity contribution in [3.63, 3.8) is 0 Å². The lowest BCUT2D eigenvalue weighted by Crippen LogP contribution is -2.60. The quantitative estimate of drug-likeness (QED) is 0.166. The van der Waals surface area contributed by atoms with Crippen LogP contribution in [0.5, 0.6) is 23.0 Å². The Labute approximate surface area is 182 Å². The minimum absolute atomic E-state index is 0.237. The number of aliphatic hydroxyl groups excluding tert-OH is 3. The first-order chi connectivity index (χ1) is 15.6. The third kappa shape index (κ3) is 2.94. The molecule has 0 bridgehead atoms. The van der Waals surface area contributed by atoms with Gasteiger partial charge in [-0.3, -0.25) is 0 Å². The number of carbonyl (C=O) groups excluding carboxylic acids is 2. The van der Waals surface area contributed by atoms with Crippen molar-refractivity contribution in [1.29, 1.82) is 0 Å². The SMILES string of the molecule is O=C1OC[C@H]2OC(O)[C@H](O)[C@@H](O)[C@@H]2OC(=O)c2cc(O)c(O)c3oc4c(O)c(O)cc1c4c23. The highest BCUT2D eigenvalue weighted by Gasteiger charge is 2.47. The molecule has 5 rings (SSSR count). The van der Waals surface area contributed by atoms with E-state index >= 15 is 0 Å². The monoisotopic (exact) mass is 464 g/mol. The minimum atomic E-state index is -1.88. The molecule has 13 heteroatoms. The van der Waals surface area contributed by atoms with Crippen LogP contribution in [0.25, 0.3) is 21.9 Å². The fraction of sp³-hybridized carbons (Fsp3) is 0.300. The summed E-state index contributed by atoms with van der Waals surface area (Å²) < 4.78 is 20.9. The van der Waals surface area contributed by atoms with Crippen molar-refractivity contribution in [2.24, 2.45) is 0 Å². The molecule has 0 spiro atoms. The summed E-state index contributed by atoms with van der Waals surface area (Å²) in [5, 5.41) is 70.3. The third-order valence-electron chi connectivity index (χ3n) is 5.65. The number of cyclic esters (lactones) is 1. The predicted molar refractivity (Wildman–Crippen MR) is 103 cm³/mol. The molecule has 1 unspecified atom stereocenters. The molecule has 1 fully saturated rings. The van der Waals surface area contributed by atoms with Crippen molar-refractivity contribution in [3.05, 3.63) is 23.3 Å². The molecule has 1 aromatic heterocycles. The van der Waals surface area contributed by atoms with E-state index in [1.807, 2.05) is 0 Å². The lowest BCUT2D eigenvalue weighted by atomic mass is 9.98. The van der Waals surface area contributed by atoms with Gasteiger partial charge in [-0.15, -0.1) is 0 Å². The first kappa shape index (κ1) is 21.1. The molecule has 33 heavy (non-hydrogen) atoms. The van der Waals surface area contributed by atoms with E-state index in [1.165, 1.54) is 0 Å². The molecule has 0 radical (unpaired) electrons. The Balaban J connectivity index is 1.82. The maximum absolute atomic E-state index is 13.1. The van der Waals surface area contributed by atoms with Crippen LogP contribution in [0.3, 0.4) is 0 Å². The van der Waals surface area contributed by atoms with Gasteiger partial charge < -0.3 is 54.4 Å². The maximum Gasteiger partial charge on any atom is 0.339 e. The number of hydrogen-bond acceptors (Lipinski definition) is 13. The number of furan rings is 1. The predicted octanol–water partition coefficient (Wildman–Crippen LogP) is -0.457. The number of aliphatic hydroxyl groups is 3. The number of carbonyl (C=O) groups is 2. The molecular weight excluding hydrogens is 448 g/mol. The van der Waals surface area contributed by atoms with Crippen LogP contribution in [0.2, 0.25) is 0 Å². The average molecular weight is 464 g/mol. The normalized spacial score (nSPS) is 27.8. The molecule has 174 valence electrons. The number of ether oxygens (including phenoxy) is 3. The van der Waals surface area contributed by atoms with Gasteiger partial charge >= 0.3 is 11.9 Å². The van der Waals surface area contributed by atoms with Crippen LogP contribution in [0.1, 0.15) is 20.7 Å². The standard InChI is InChI=1S/C20H16O13/c21-6-1-4-9-10-5(2-7(22)12(24)17(10)32-16(9)11(6)23)19(28)33-15-8(3-30-18(4)27)31-20(29)14(26)13(15)25/h1-2,8,13-15,20-26,29H,3H2/t8-,13-,14-,15-,20?/m1/s1. The van der Waals surface area contributed by atoms with Gasteiger partial charge in [-0.1, -0.05) is 0 Å². The van der Waals surface area contributed by atoms with Crippen molar-refractivity contribution in [2.75, 3.05) is 6.61 Å². The summed E-state index contributed by atoms with van der Waals surface area (Å²) in [6.07, 6.45) is -8.62. The van der Waals surface area contributed by atoms with Crippen molar-refractivity contribution in [2.45, 2.75) is 30.7 Å². The zero-order chi connectivity index (χ0) is 23.8.